The molecule has 0 atom stereocenters. The second-order valence-electron chi connectivity index (χ2n) is 4.05. The lowest BCUT2D eigenvalue weighted by molar-refractivity contribution is 0.0600. The van der Waals surface area contributed by atoms with Gasteiger partial charge < -0.3 is 9.47 Å². The van der Waals surface area contributed by atoms with Crippen molar-refractivity contribution in [1.82, 2.24) is 0 Å². The molecular weight excluding hydrogens is 327 g/mol. The van der Waals surface area contributed by atoms with Gasteiger partial charge in [-0.05, 0) is 45.8 Å². The maximum Gasteiger partial charge on any atom is 0.337 e. The average molecular weight is 339 g/mol. The fraction of sp³-hybridized carbons (Fsp3) is 0.133. The molecule has 0 fully saturated rings. The van der Waals surface area contributed by atoms with Crippen LogP contribution in [0.3, 0.4) is 0 Å². The third-order valence-electron chi connectivity index (χ3n) is 2.67. The molecule has 0 saturated heterocycles. The molecule has 0 aliphatic carbocycles. The van der Waals surface area contributed by atoms with Crippen LogP contribution < -0.4 is 4.74 Å². The molecule has 2 aromatic rings. The molecule has 0 heterocycles. The van der Waals surface area contributed by atoms with Crippen LogP contribution in [-0.4, -0.2) is 13.1 Å². The van der Waals surface area contributed by atoms with Crippen molar-refractivity contribution in [1.29, 1.82) is 0 Å². The number of rotatable bonds is 4. The first-order valence-corrected chi connectivity index (χ1v) is 6.64. The number of carbonyl (C=O) groups excluding carboxylic acids is 1. The number of hydrogen-bond donors (Lipinski definition) is 0. The molecule has 104 valence electrons. The first kappa shape index (κ1) is 14.5. The fourth-order valence-corrected chi connectivity index (χ4v) is 1.83. The van der Waals surface area contributed by atoms with E-state index >= 15 is 0 Å². The predicted octanol–water partition coefficient (Wildman–Crippen LogP) is 3.95. The largest absolute Gasteiger partial charge is 0.489 e. The first-order chi connectivity index (χ1) is 9.60. The molecule has 0 aliphatic rings. The van der Waals surface area contributed by atoms with Gasteiger partial charge >= 0.3 is 5.97 Å². The summed E-state index contributed by atoms with van der Waals surface area (Å²) in [5, 5.41) is 0. The zero-order valence-corrected chi connectivity index (χ0v) is 12.3. The molecular formula is C15H12BrFO3. The van der Waals surface area contributed by atoms with Crippen LogP contribution in [0.4, 0.5) is 4.39 Å². The second kappa shape index (κ2) is 6.52. The smallest absolute Gasteiger partial charge is 0.337 e. The third-order valence-corrected chi connectivity index (χ3v) is 3.31. The summed E-state index contributed by atoms with van der Waals surface area (Å²) in [6, 6.07) is 11.4. The number of ether oxygens (including phenoxy) is 2. The summed E-state index contributed by atoms with van der Waals surface area (Å²) in [5.74, 6) is -0.307. The molecule has 0 unspecified atom stereocenters. The number of halogens is 2. The zero-order chi connectivity index (χ0) is 14.5. The minimum absolute atomic E-state index is 0.294. The second-order valence-corrected chi connectivity index (χ2v) is 4.91. The van der Waals surface area contributed by atoms with Crippen LogP contribution in [0.25, 0.3) is 0 Å². The molecule has 0 aliphatic heterocycles. The van der Waals surface area contributed by atoms with Crippen molar-refractivity contribution >= 4 is 21.9 Å². The van der Waals surface area contributed by atoms with Crippen LogP contribution >= 0.6 is 15.9 Å². The van der Waals surface area contributed by atoms with Crippen molar-refractivity contribution in [3.8, 4) is 5.75 Å². The Morgan fingerprint density at radius 2 is 1.90 bits per heavy atom. The summed E-state index contributed by atoms with van der Waals surface area (Å²) in [5.41, 5.74) is 1.35. The van der Waals surface area contributed by atoms with Crippen LogP contribution in [0.5, 0.6) is 5.75 Å². The Morgan fingerprint density at radius 3 is 2.50 bits per heavy atom. The molecule has 5 heteroatoms. The number of methoxy groups -OCH3 is 1. The Labute approximate surface area is 124 Å². The van der Waals surface area contributed by atoms with Gasteiger partial charge in [0, 0.05) is 6.07 Å². The topological polar surface area (TPSA) is 35.5 Å². The van der Waals surface area contributed by atoms with Crippen LogP contribution in [0.2, 0.25) is 0 Å². The van der Waals surface area contributed by atoms with Crippen LogP contribution in [0.1, 0.15) is 15.9 Å². The average Bonchev–Trinajstić information content (AvgIpc) is 2.48. The van der Waals surface area contributed by atoms with Crippen molar-refractivity contribution < 1.29 is 18.7 Å². The summed E-state index contributed by atoms with van der Waals surface area (Å²) < 4.78 is 23.8. The van der Waals surface area contributed by atoms with Crippen molar-refractivity contribution in [3.63, 3.8) is 0 Å². The number of esters is 1. The third kappa shape index (κ3) is 3.57. The fourth-order valence-electron chi connectivity index (χ4n) is 1.59. The van der Waals surface area contributed by atoms with E-state index in [2.05, 4.69) is 20.7 Å². The van der Waals surface area contributed by atoms with E-state index in [1.807, 2.05) is 0 Å². The molecule has 2 rings (SSSR count). The molecule has 0 radical (unpaired) electrons. The molecule has 0 aromatic heterocycles. The lowest BCUT2D eigenvalue weighted by Crippen LogP contribution is -2.02. The molecule has 0 saturated carbocycles. The first-order valence-electron chi connectivity index (χ1n) is 5.85. The van der Waals surface area contributed by atoms with Gasteiger partial charge in [0.25, 0.3) is 0 Å². The van der Waals surface area contributed by atoms with E-state index in [0.29, 0.717) is 22.4 Å². The van der Waals surface area contributed by atoms with Gasteiger partial charge in [-0.3, -0.25) is 0 Å². The minimum Gasteiger partial charge on any atom is -0.489 e. The SMILES string of the molecule is COC(=O)c1ccc(COc2ccc(Br)c(F)c2)cc1. The van der Waals surface area contributed by atoms with E-state index in [4.69, 9.17) is 4.74 Å². The van der Waals surface area contributed by atoms with Gasteiger partial charge in [-0.2, -0.15) is 0 Å². The lowest BCUT2D eigenvalue weighted by atomic mass is 10.1. The van der Waals surface area contributed by atoms with E-state index in [0.717, 1.165) is 5.56 Å². The lowest BCUT2D eigenvalue weighted by Gasteiger charge is -2.07. The summed E-state index contributed by atoms with van der Waals surface area (Å²) in [7, 11) is 1.33. The maximum absolute atomic E-state index is 13.3. The van der Waals surface area contributed by atoms with E-state index in [9.17, 15) is 9.18 Å². The summed E-state index contributed by atoms with van der Waals surface area (Å²) >= 11 is 3.08. The van der Waals surface area contributed by atoms with Crippen molar-refractivity contribution in [3.05, 3.63) is 63.9 Å². The van der Waals surface area contributed by atoms with Gasteiger partial charge in [0.05, 0.1) is 17.1 Å². The van der Waals surface area contributed by atoms with E-state index in [1.54, 1.807) is 36.4 Å². The Kier molecular flexibility index (Phi) is 4.74. The van der Waals surface area contributed by atoms with Crippen LogP contribution in [0, 0.1) is 5.82 Å². The quantitative estimate of drug-likeness (QED) is 0.791. The molecule has 3 nitrogen and oxygen atoms in total. The molecule has 0 bridgehead atoms. The highest BCUT2D eigenvalue weighted by atomic mass is 79.9. The summed E-state index contributed by atoms with van der Waals surface area (Å²) in [6.45, 7) is 0.294. The monoisotopic (exact) mass is 338 g/mol. The predicted molar refractivity (Wildman–Crippen MR) is 76.2 cm³/mol. The van der Waals surface area contributed by atoms with Crippen molar-refractivity contribution in [2.75, 3.05) is 7.11 Å². The molecule has 0 spiro atoms. The Morgan fingerprint density at radius 1 is 1.20 bits per heavy atom. The normalized spacial score (nSPS) is 10.2. The summed E-state index contributed by atoms with van der Waals surface area (Å²) in [4.78, 5) is 11.3. The minimum atomic E-state index is -0.382. The van der Waals surface area contributed by atoms with Gasteiger partial charge in [0.2, 0.25) is 0 Å². The number of carbonyl (C=O) groups is 1. The Balaban J connectivity index is 2.00. The number of benzene rings is 2. The molecule has 2 aromatic carbocycles. The van der Waals surface area contributed by atoms with Gasteiger partial charge in [-0.1, -0.05) is 12.1 Å². The summed E-state index contributed by atoms with van der Waals surface area (Å²) in [6.07, 6.45) is 0. The van der Waals surface area contributed by atoms with Crippen molar-refractivity contribution in [2.24, 2.45) is 0 Å². The van der Waals surface area contributed by atoms with Gasteiger partial charge in [0.1, 0.15) is 18.2 Å². The van der Waals surface area contributed by atoms with Gasteiger partial charge in [0.15, 0.2) is 0 Å². The van der Waals surface area contributed by atoms with E-state index < -0.39 is 0 Å². The van der Waals surface area contributed by atoms with Crippen molar-refractivity contribution in [2.45, 2.75) is 6.61 Å². The Bertz CT molecular complexity index is 611. The highest BCUT2D eigenvalue weighted by Gasteiger charge is 2.05. The van der Waals surface area contributed by atoms with Crippen LogP contribution in [-0.2, 0) is 11.3 Å². The highest BCUT2D eigenvalue weighted by molar-refractivity contribution is 9.10. The Hall–Kier alpha value is -1.88. The molecule has 20 heavy (non-hydrogen) atoms. The zero-order valence-electron chi connectivity index (χ0n) is 10.7. The standard InChI is InChI=1S/C15H12BrFO3/c1-19-15(18)11-4-2-10(3-5-11)9-20-12-6-7-13(16)14(17)8-12/h2-8H,9H2,1H3. The maximum atomic E-state index is 13.3. The van der Waals surface area contributed by atoms with Gasteiger partial charge in [-0.15, -0.1) is 0 Å². The molecule has 0 amide bonds. The van der Waals surface area contributed by atoms with Crippen LogP contribution in [0.15, 0.2) is 46.9 Å². The van der Waals surface area contributed by atoms with E-state index in [-0.39, 0.29) is 11.8 Å². The van der Waals surface area contributed by atoms with E-state index in [1.165, 1.54) is 13.2 Å². The molecule has 0 N–H and O–H groups in total. The van der Waals surface area contributed by atoms with Gasteiger partial charge in [-0.25, -0.2) is 9.18 Å². The highest BCUT2D eigenvalue weighted by Crippen LogP contribution is 2.21. The number of hydrogen-bond acceptors (Lipinski definition) is 3.